The van der Waals surface area contributed by atoms with Crippen molar-refractivity contribution in [2.45, 2.75) is 45.8 Å². The molecular formula is C22H26BrIN2O3. The number of ether oxygens (including phenoxy) is 1. The van der Waals surface area contributed by atoms with Crippen LogP contribution in [0.1, 0.15) is 32.8 Å². The number of amides is 2. The Bertz CT molecular complexity index is 829. The van der Waals surface area contributed by atoms with Crippen LogP contribution in [-0.2, 0) is 16.1 Å². The molecule has 7 heteroatoms. The van der Waals surface area contributed by atoms with E-state index in [4.69, 9.17) is 4.74 Å². The Morgan fingerprint density at radius 2 is 1.86 bits per heavy atom. The van der Waals surface area contributed by atoms with E-state index in [1.54, 1.807) is 11.8 Å². The lowest BCUT2D eigenvalue weighted by molar-refractivity contribution is -0.142. The van der Waals surface area contributed by atoms with Crippen LogP contribution in [0, 0.1) is 3.57 Å². The van der Waals surface area contributed by atoms with Gasteiger partial charge in [0.25, 0.3) is 5.91 Å². The van der Waals surface area contributed by atoms with Gasteiger partial charge in [-0.2, -0.15) is 0 Å². The molecular weight excluding hydrogens is 547 g/mol. The van der Waals surface area contributed by atoms with E-state index in [1.165, 1.54) is 0 Å². The fourth-order valence-electron chi connectivity index (χ4n) is 2.64. The topological polar surface area (TPSA) is 58.6 Å². The van der Waals surface area contributed by atoms with Crippen LogP contribution in [0.4, 0.5) is 0 Å². The van der Waals surface area contributed by atoms with E-state index in [1.807, 2.05) is 62.4 Å². The molecule has 2 unspecified atom stereocenters. The summed E-state index contributed by atoms with van der Waals surface area (Å²) in [6.45, 7) is 5.90. The van der Waals surface area contributed by atoms with Crippen molar-refractivity contribution >= 4 is 50.3 Å². The van der Waals surface area contributed by atoms with E-state index in [2.05, 4.69) is 43.8 Å². The smallest absolute Gasteiger partial charge is 0.261 e. The molecule has 2 atom stereocenters. The zero-order valence-electron chi connectivity index (χ0n) is 16.8. The second-order valence-electron chi connectivity index (χ2n) is 6.89. The summed E-state index contributed by atoms with van der Waals surface area (Å²) in [6.07, 6.45) is 0.827. The van der Waals surface area contributed by atoms with E-state index in [-0.39, 0.29) is 24.5 Å². The summed E-state index contributed by atoms with van der Waals surface area (Å²) >= 11 is 5.67. The van der Waals surface area contributed by atoms with Crippen LogP contribution in [0.5, 0.6) is 5.75 Å². The zero-order valence-corrected chi connectivity index (χ0v) is 20.6. The van der Waals surface area contributed by atoms with Gasteiger partial charge in [0.05, 0.1) is 0 Å². The molecule has 2 amide bonds. The van der Waals surface area contributed by atoms with Crippen molar-refractivity contribution in [1.29, 1.82) is 0 Å². The van der Waals surface area contributed by atoms with Crippen molar-refractivity contribution < 1.29 is 14.3 Å². The van der Waals surface area contributed by atoms with Crippen molar-refractivity contribution in [3.8, 4) is 5.75 Å². The predicted octanol–water partition coefficient (Wildman–Crippen LogP) is 4.76. The third-order valence-corrected chi connectivity index (χ3v) is 5.80. The van der Waals surface area contributed by atoms with Crippen molar-refractivity contribution in [2.75, 3.05) is 6.61 Å². The number of nitrogens with zero attached hydrogens (tertiary/aromatic N) is 1. The van der Waals surface area contributed by atoms with Gasteiger partial charge >= 0.3 is 0 Å². The van der Waals surface area contributed by atoms with E-state index < -0.39 is 6.04 Å². The molecule has 0 bridgehead atoms. The highest BCUT2D eigenvalue weighted by Gasteiger charge is 2.27. The standard InChI is InChI=1S/C22H26BrIN2O3/c1-4-15(2)25-22(28)16(3)26(13-17-6-5-7-18(23)12-17)21(27)14-29-20-10-8-19(24)9-11-20/h5-12,15-16H,4,13-14H2,1-3H3,(H,25,28). The van der Waals surface area contributed by atoms with E-state index in [0.29, 0.717) is 12.3 Å². The lowest BCUT2D eigenvalue weighted by Crippen LogP contribution is -2.50. The first-order chi connectivity index (χ1) is 13.8. The molecule has 2 rings (SSSR count). The molecule has 0 saturated carbocycles. The summed E-state index contributed by atoms with van der Waals surface area (Å²) in [5, 5.41) is 2.96. The van der Waals surface area contributed by atoms with Crippen LogP contribution in [0.2, 0.25) is 0 Å². The summed E-state index contributed by atoms with van der Waals surface area (Å²) in [7, 11) is 0. The molecule has 29 heavy (non-hydrogen) atoms. The highest BCUT2D eigenvalue weighted by atomic mass is 127. The Morgan fingerprint density at radius 3 is 2.48 bits per heavy atom. The van der Waals surface area contributed by atoms with Crippen molar-refractivity contribution in [3.63, 3.8) is 0 Å². The Kier molecular flexibility index (Phi) is 9.42. The summed E-state index contributed by atoms with van der Waals surface area (Å²) in [5.41, 5.74) is 0.935. The fourth-order valence-corrected chi connectivity index (χ4v) is 3.45. The van der Waals surface area contributed by atoms with E-state index in [9.17, 15) is 9.59 Å². The molecule has 0 aliphatic heterocycles. The van der Waals surface area contributed by atoms with Crippen molar-refractivity contribution in [2.24, 2.45) is 0 Å². The van der Waals surface area contributed by atoms with Crippen LogP contribution >= 0.6 is 38.5 Å². The van der Waals surface area contributed by atoms with Gasteiger partial charge in [-0.05, 0) is 84.8 Å². The lowest BCUT2D eigenvalue weighted by Gasteiger charge is -2.29. The number of hydrogen-bond donors (Lipinski definition) is 1. The number of rotatable bonds is 9. The molecule has 1 N–H and O–H groups in total. The van der Waals surface area contributed by atoms with Crippen molar-refractivity contribution in [3.05, 3.63) is 62.1 Å². The number of halogens is 2. The highest BCUT2D eigenvalue weighted by Crippen LogP contribution is 2.17. The summed E-state index contributed by atoms with van der Waals surface area (Å²) in [5.74, 6) is 0.213. The molecule has 0 aliphatic carbocycles. The minimum atomic E-state index is -0.615. The Balaban J connectivity index is 2.14. The largest absolute Gasteiger partial charge is 0.484 e. The molecule has 0 radical (unpaired) electrons. The molecule has 156 valence electrons. The third kappa shape index (κ3) is 7.62. The first-order valence-electron chi connectivity index (χ1n) is 9.52. The summed E-state index contributed by atoms with van der Waals surface area (Å²) in [4.78, 5) is 27.2. The number of carbonyl (C=O) groups is 2. The number of hydrogen-bond acceptors (Lipinski definition) is 3. The Hall–Kier alpha value is -1.61. The normalized spacial score (nSPS) is 12.7. The fraction of sp³-hybridized carbons (Fsp3) is 0.364. The van der Waals surface area contributed by atoms with Crippen LogP contribution in [0.25, 0.3) is 0 Å². The SMILES string of the molecule is CCC(C)NC(=O)C(C)N(Cc1cccc(Br)c1)C(=O)COc1ccc(I)cc1. The van der Waals surface area contributed by atoms with Gasteiger partial charge in [-0.15, -0.1) is 0 Å². The average molecular weight is 573 g/mol. The van der Waals surface area contributed by atoms with Crippen LogP contribution in [0.15, 0.2) is 53.0 Å². The maximum Gasteiger partial charge on any atom is 0.261 e. The van der Waals surface area contributed by atoms with Gasteiger partial charge in [-0.3, -0.25) is 9.59 Å². The molecule has 2 aromatic carbocycles. The zero-order chi connectivity index (χ0) is 21.4. The minimum absolute atomic E-state index is 0.0517. The quantitative estimate of drug-likeness (QED) is 0.441. The third-order valence-electron chi connectivity index (χ3n) is 4.59. The monoisotopic (exact) mass is 572 g/mol. The summed E-state index contributed by atoms with van der Waals surface area (Å²) < 4.78 is 7.68. The Morgan fingerprint density at radius 1 is 1.17 bits per heavy atom. The molecule has 0 heterocycles. The number of nitrogens with one attached hydrogen (secondary N) is 1. The van der Waals surface area contributed by atoms with Crippen LogP contribution in [-0.4, -0.2) is 35.4 Å². The maximum atomic E-state index is 13.0. The van der Waals surface area contributed by atoms with E-state index in [0.717, 1.165) is 20.0 Å². The maximum absolute atomic E-state index is 13.0. The second-order valence-corrected chi connectivity index (χ2v) is 9.05. The highest BCUT2D eigenvalue weighted by molar-refractivity contribution is 14.1. The van der Waals surface area contributed by atoms with Gasteiger partial charge in [0.15, 0.2) is 6.61 Å². The molecule has 0 fully saturated rings. The van der Waals surface area contributed by atoms with Crippen LogP contribution in [0.3, 0.4) is 0 Å². The minimum Gasteiger partial charge on any atom is -0.484 e. The average Bonchev–Trinajstić information content (AvgIpc) is 2.70. The Labute approximate surface area is 194 Å². The van der Waals surface area contributed by atoms with E-state index >= 15 is 0 Å². The van der Waals surface area contributed by atoms with Gasteiger partial charge in [-0.25, -0.2) is 0 Å². The van der Waals surface area contributed by atoms with Gasteiger partial charge in [-0.1, -0.05) is 35.0 Å². The van der Waals surface area contributed by atoms with Gasteiger partial charge < -0.3 is 15.0 Å². The molecule has 2 aromatic rings. The van der Waals surface area contributed by atoms with Gasteiger partial charge in [0, 0.05) is 20.6 Å². The first kappa shape index (κ1) is 23.7. The van der Waals surface area contributed by atoms with Gasteiger partial charge in [0.1, 0.15) is 11.8 Å². The van der Waals surface area contributed by atoms with Gasteiger partial charge in [0.2, 0.25) is 5.91 Å². The number of benzene rings is 2. The number of carbonyl (C=O) groups excluding carboxylic acids is 2. The predicted molar refractivity (Wildman–Crippen MR) is 127 cm³/mol. The molecule has 0 spiro atoms. The molecule has 0 aromatic heterocycles. The van der Waals surface area contributed by atoms with Crippen molar-refractivity contribution in [1.82, 2.24) is 10.2 Å². The molecule has 0 aliphatic rings. The molecule has 0 saturated heterocycles. The molecule has 5 nitrogen and oxygen atoms in total. The lowest BCUT2D eigenvalue weighted by atomic mass is 10.1. The summed E-state index contributed by atoms with van der Waals surface area (Å²) in [6, 6.07) is 14.6. The first-order valence-corrected chi connectivity index (χ1v) is 11.4. The van der Waals surface area contributed by atoms with Crippen LogP contribution < -0.4 is 10.1 Å². The second kappa shape index (κ2) is 11.5.